The summed E-state index contributed by atoms with van der Waals surface area (Å²) in [7, 11) is -2.15. The van der Waals surface area contributed by atoms with Gasteiger partial charge in [-0.05, 0) is 42.3 Å². The molecule has 0 spiro atoms. The van der Waals surface area contributed by atoms with Crippen LogP contribution in [0.3, 0.4) is 0 Å². The van der Waals surface area contributed by atoms with Gasteiger partial charge in [-0.3, -0.25) is 5.41 Å². The smallest absolute Gasteiger partial charge is 0.243 e. The molecule has 158 valence electrons. The van der Waals surface area contributed by atoms with Crippen LogP contribution in [0.5, 0.6) is 0 Å². The standard InChI is InChI=1S/C23H22N4O2S2/c1-27(31(28,29)18-10-3-2-4-11-18)20(15-16-8-7-9-17(14-16)22(24)25)23-26-19-12-5-6-13-21(19)30-23/h2-14,20H,15H2,1H3,(H3,24,25). The van der Waals surface area contributed by atoms with E-state index >= 15 is 0 Å². The lowest BCUT2D eigenvalue weighted by atomic mass is 10.0. The number of amidine groups is 1. The molecule has 4 aromatic rings. The van der Waals surface area contributed by atoms with Gasteiger partial charge in [0, 0.05) is 12.6 Å². The Balaban J connectivity index is 1.79. The van der Waals surface area contributed by atoms with Gasteiger partial charge in [-0.25, -0.2) is 13.4 Å². The lowest BCUT2D eigenvalue weighted by molar-refractivity contribution is 0.372. The topological polar surface area (TPSA) is 100 Å². The highest BCUT2D eigenvalue weighted by atomic mass is 32.2. The summed E-state index contributed by atoms with van der Waals surface area (Å²) in [5.74, 6) is -0.0244. The monoisotopic (exact) mass is 450 g/mol. The number of rotatable bonds is 7. The molecule has 0 saturated carbocycles. The minimum Gasteiger partial charge on any atom is -0.384 e. The fourth-order valence-corrected chi connectivity index (χ4v) is 5.94. The summed E-state index contributed by atoms with van der Waals surface area (Å²) in [6, 6.07) is 23.0. The molecule has 1 atom stereocenters. The summed E-state index contributed by atoms with van der Waals surface area (Å²) in [6.45, 7) is 0. The Morgan fingerprint density at radius 1 is 1.06 bits per heavy atom. The molecule has 1 aromatic heterocycles. The maximum atomic E-state index is 13.4. The number of para-hydroxylation sites is 1. The Bertz CT molecular complexity index is 1300. The van der Waals surface area contributed by atoms with E-state index in [-0.39, 0.29) is 10.7 Å². The number of likely N-dealkylation sites (N-methyl/N-ethyl adjacent to an activating group) is 1. The molecule has 0 amide bonds. The maximum Gasteiger partial charge on any atom is 0.243 e. The molecular formula is C23H22N4O2S2. The third-order valence-electron chi connectivity index (χ3n) is 5.12. The Labute approximate surface area is 185 Å². The highest BCUT2D eigenvalue weighted by molar-refractivity contribution is 7.89. The van der Waals surface area contributed by atoms with Gasteiger partial charge in [-0.1, -0.05) is 48.5 Å². The SMILES string of the molecule is CN(C(Cc1cccc(C(=N)N)c1)c1nc2ccccc2s1)S(=O)(=O)c1ccccc1. The van der Waals surface area contributed by atoms with Crippen molar-refractivity contribution in [3.05, 3.63) is 95.0 Å². The molecule has 31 heavy (non-hydrogen) atoms. The molecule has 0 radical (unpaired) electrons. The van der Waals surface area contributed by atoms with Crippen molar-refractivity contribution in [2.24, 2.45) is 5.73 Å². The molecule has 0 saturated heterocycles. The molecule has 0 aliphatic rings. The Kier molecular flexibility index (Phi) is 5.86. The van der Waals surface area contributed by atoms with E-state index in [9.17, 15) is 8.42 Å². The molecule has 3 aromatic carbocycles. The molecular weight excluding hydrogens is 428 g/mol. The predicted octanol–water partition coefficient (Wildman–Crippen LogP) is 4.18. The van der Waals surface area contributed by atoms with Gasteiger partial charge in [0.2, 0.25) is 10.0 Å². The van der Waals surface area contributed by atoms with Crippen LogP contribution in [0.25, 0.3) is 10.2 Å². The van der Waals surface area contributed by atoms with Crippen LogP contribution in [0.4, 0.5) is 0 Å². The summed E-state index contributed by atoms with van der Waals surface area (Å²) in [4.78, 5) is 4.98. The first-order valence-electron chi connectivity index (χ1n) is 9.68. The number of nitrogens with two attached hydrogens (primary N) is 1. The van der Waals surface area contributed by atoms with Crippen LogP contribution in [0, 0.1) is 5.41 Å². The van der Waals surface area contributed by atoms with Crippen LogP contribution in [0.1, 0.15) is 22.2 Å². The van der Waals surface area contributed by atoms with E-state index in [1.54, 1.807) is 43.4 Å². The van der Waals surface area contributed by atoms with Gasteiger partial charge in [0.25, 0.3) is 0 Å². The maximum absolute atomic E-state index is 13.4. The third kappa shape index (κ3) is 4.36. The molecule has 1 unspecified atom stereocenters. The van der Waals surface area contributed by atoms with Gasteiger partial charge in [0.1, 0.15) is 10.8 Å². The lowest BCUT2D eigenvalue weighted by Gasteiger charge is -2.26. The van der Waals surface area contributed by atoms with Crippen LogP contribution in [-0.4, -0.2) is 30.6 Å². The highest BCUT2D eigenvalue weighted by Crippen LogP contribution is 2.34. The highest BCUT2D eigenvalue weighted by Gasteiger charge is 2.31. The molecule has 0 aliphatic carbocycles. The number of thiazole rings is 1. The van der Waals surface area contributed by atoms with Gasteiger partial charge in [0.05, 0.1) is 21.2 Å². The van der Waals surface area contributed by atoms with E-state index in [4.69, 9.17) is 16.1 Å². The number of nitrogen functional groups attached to an aromatic ring is 1. The van der Waals surface area contributed by atoms with Gasteiger partial charge in [0.15, 0.2) is 0 Å². The van der Waals surface area contributed by atoms with Crippen LogP contribution >= 0.6 is 11.3 Å². The average molecular weight is 451 g/mol. The number of hydrogen-bond donors (Lipinski definition) is 2. The van der Waals surface area contributed by atoms with Crippen LogP contribution in [0.15, 0.2) is 83.8 Å². The molecule has 3 N–H and O–H groups in total. The summed E-state index contributed by atoms with van der Waals surface area (Å²) in [5.41, 5.74) is 7.98. The zero-order valence-corrected chi connectivity index (χ0v) is 18.5. The van der Waals surface area contributed by atoms with Crippen molar-refractivity contribution in [3.8, 4) is 0 Å². The first-order chi connectivity index (χ1) is 14.9. The number of nitrogens with zero attached hydrogens (tertiary/aromatic N) is 2. The van der Waals surface area contributed by atoms with E-state index in [0.29, 0.717) is 12.0 Å². The lowest BCUT2D eigenvalue weighted by Crippen LogP contribution is -2.32. The van der Waals surface area contributed by atoms with Crippen LogP contribution in [-0.2, 0) is 16.4 Å². The van der Waals surface area contributed by atoms with E-state index in [1.807, 2.05) is 42.5 Å². The normalized spacial score (nSPS) is 12.8. The number of nitrogens with one attached hydrogen (secondary N) is 1. The molecule has 8 heteroatoms. The van der Waals surface area contributed by atoms with Crippen LogP contribution < -0.4 is 5.73 Å². The van der Waals surface area contributed by atoms with Crippen molar-refractivity contribution >= 4 is 37.4 Å². The Morgan fingerprint density at radius 2 is 1.77 bits per heavy atom. The van der Waals surface area contributed by atoms with E-state index in [0.717, 1.165) is 20.8 Å². The zero-order valence-electron chi connectivity index (χ0n) is 16.9. The number of fused-ring (bicyclic) bond motifs is 1. The van der Waals surface area contributed by atoms with E-state index in [1.165, 1.54) is 15.6 Å². The van der Waals surface area contributed by atoms with E-state index < -0.39 is 16.1 Å². The summed E-state index contributed by atoms with van der Waals surface area (Å²) < 4.78 is 29.1. The minimum absolute atomic E-state index is 0.0244. The minimum atomic E-state index is -3.74. The number of benzene rings is 3. The van der Waals surface area contributed by atoms with Crippen molar-refractivity contribution < 1.29 is 8.42 Å². The molecule has 1 heterocycles. The second-order valence-corrected chi connectivity index (χ2v) is 10.2. The summed E-state index contributed by atoms with van der Waals surface area (Å²) in [6.07, 6.45) is 0.406. The van der Waals surface area contributed by atoms with Crippen molar-refractivity contribution in [3.63, 3.8) is 0 Å². The quantitative estimate of drug-likeness (QED) is 0.326. The largest absolute Gasteiger partial charge is 0.384 e. The average Bonchev–Trinajstić information content (AvgIpc) is 3.21. The molecule has 0 fully saturated rings. The molecule has 4 rings (SSSR count). The zero-order chi connectivity index (χ0) is 22.0. The second-order valence-electron chi connectivity index (χ2n) is 7.19. The van der Waals surface area contributed by atoms with Gasteiger partial charge < -0.3 is 5.73 Å². The summed E-state index contributed by atoms with van der Waals surface area (Å²) >= 11 is 1.49. The Hall–Kier alpha value is -3.07. The van der Waals surface area contributed by atoms with Crippen molar-refractivity contribution in [1.82, 2.24) is 9.29 Å². The van der Waals surface area contributed by atoms with Gasteiger partial charge in [-0.15, -0.1) is 11.3 Å². The Morgan fingerprint density at radius 3 is 2.48 bits per heavy atom. The van der Waals surface area contributed by atoms with Gasteiger partial charge in [-0.2, -0.15) is 4.31 Å². The number of sulfonamides is 1. The second kappa shape index (κ2) is 8.58. The van der Waals surface area contributed by atoms with Crippen molar-refractivity contribution in [2.75, 3.05) is 7.05 Å². The van der Waals surface area contributed by atoms with Crippen molar-refractivity contribution in [1.29, 1.82) is 5.41 Å². The van der Waals surface area contributed by atoms with E-state index in [2.05, 4.69) is 0 Å². The first-order valence-corrected chi connectivity index (χ1v) is 11.9. The molecule has 0 bridgehead atoms. The molecule has 6 nitrogen and oxygen atoms in total. The van der Waals surface area contributed by atoms with Crippen molar-refractivity contribution in [2.45, 2.75) is 17.4 Å². The summed E-state index contributed by atoms with van der Waals surface area (Å²) in [5, 5.41) is 8.43. The number of aromatic nitrogens is 1. The fraction of sp³-hybridized carbons (Fsp3) is 0.130. The first kappa shape index (κ1) is 21.2. The molecule has 0 aliphatic heterocycles. The van der Waals surface area contributed by atoms with Gasteiger partial charge >= 0.3 is 0 Å². The predicted molar refractivity (Wildman–Crippen MR) is 125 cm³/mol. The number of hydrogen-bond acceptors (Lipinski definition) is 5. The van der Waals surface area contributed by atoms with Crippen LogP contribution in [0.2, 0.25) is 0 Å². The fourth-order valence-electron chi connectivity index (χ4n) is 3.42. The third-order valence-corrected chi connectivity index (χ3v) is 8.14.